The minimum Gasteiger partial charge on any atom is -1.00 e. The second-order valence-corrected chi connectivity index (χ2v) is 13.6. The average Bonchev–Trinajstić information content (AvgIpc) is 3.60. The molecule has 0 atom stereocenters. The molecule has 2 aromatic heterocycles. The van der Waals surface area contributed by atoms with E-state index in [0.29, 0.717) is 0 Å². The van der Waals surface area contributed by atoms with Crippen LogP contribution in [0.1, 0.15) is 205 Å². The van der Waals surface area contributed by atoms with Gasteiger partial charge in [-0.05, 0) is 32.1 Å². The summed E-state index contributed by atoms with van der Waals surface area (Å²) in [4.78, 5) is 6.67. The zero-order chi connectivity index (χ0) is 31.9. The molecule has 0 aliphatic carbocycles. The Bertz CT molecular complexity index is 863. The molecule has 4 nitrogen and oxygen atoms in total. The first-order valence-corrected chi connectivity index (χ1v) is 19.7. The Kier molecular flexibility index (Phi) is 36.8. The predicted octanol–water partition coefficient (Wildman–Crippen LogP) is 5.97. The molecule has 2 aromatic rings. The number of hydrogen-bond acceptors (Lipinski definition) is 0. The zero-order valence-corrected chi connectivity index (χ0v) is 34.6. The molecule has 2 rings (SSSR count). The molecular weight excluding hydrogens is 696 g/mol. The summed E-state index contributed by atoms with van der Waals surface area (Å²) in [6, 6.07) is 0. The van der Waals surface area contributed by atoms with Gasteiger partial charge in [-0.15, -0.1) is 0 Å². The molecule has 0 aliphatic rings. The number of nitrogens with one attached hydrogen (secondary N) is 2. The molecule has 2 heterocycles. The van der Waals surface area contributed by atoms with E-state index in [9.17, 15) is 0 Å². The SMILES string of the molecule is CCCCCCCCCCCCc1c[nH]c(C)[n+]1CCCCCCCCCC.CCCCCCCCCC[n+]1cc[nH]c1C.[Br-].[Br-]. The summed E-state index contributed by atoms with van der Waals surface area (Å²) < 4.78 is 4.85. The van der Waals surface area contributed by atoms with Crippen LogP contribution in [0.4, 0.5) is 0 Å². The summed E-state index contributed by atoms with van der Waals surface area (Å²) in [6.45, 7) is 13.6. The maximum absolute atomic E-state index is 3.46. The lowest BCUT2D eigenvalue weighted by Crippen LogP contribution is -3.00. The van der Waals surface area contributed by atoms with Crippen LogP contribution in [0, 0.1) is 13.8 Å². The van der Waals surface area contributed by atoms with E-state index in [1.54, 1.807) is 0 Å². The minimum atomic E-state index is 0. The van der Waals surface area contributed by atoms with Gasteiger partial charge in [-0.2, -0.15) is 0 Å². The van der Waals surface area contributed by atoms with Crippen molar-refractivity contribution < 1.29 is 43.1 Å². The summed E-state index contributed by atoms with van der Waals surface area (Å²) in [5.74, 6) is 2.60. The lowest BCUT2D eigenvalue weighted by atomic mass is 10.1. The fourth-order valence-electron chi connectivity index (χ4n) is 6.38. The molecule has 0 fully saturated rings. The Labute approximate surface area is 308 Å². The molecule has 6 heteroatoms. The van der Waals surface area contributed by atoms with Crippen LogP contribution in [0.15, 0.2) is 18.6 Å². The van der Waals surface area contributed by atoms with E-state index in [1.807, 2.05) is 6.20 Å². The van der Waals surface area contributed by atoms with Crippen molar-refractivity contribution in [2.45, 2.75) is 221 Å². The van der Waals surface area contributed by atoms with Gasteiger partial charge in [0.2, 0.25) is 0 Å². The first-order valence-electron chi connectivity index (χ1n) is 19.7. The van der Waals surface area contributed by atoms with Gasteiger partial charge in [-0.1, -0.05) is 156 Å². The maximum atomic E-state index is 3.46. The highest BCUT2D eigenvalue weighted by atomic mass is 79.9. The number of nitrogens with zero attached hydrogens (tertiary/aromatic N) is 2. The first-order chi connectivity index (χ1) is 21.6. The van der Waals surface area contributed by atoms with E-state index in [-0.39, 0.29) is 34.0 Å². The van der Waals surface area contributed by atoms with Gasteiger partial charge in [0.1, 0.15) is 24.3 Å². The monoisotopic (exact) mass is 772 g/mol. The van der Waals surface area contributed by atoms with E-state index in [0.717, 1.165) is 0 Å². The maximum Gasteiger partial charge on any atom is 0.251 e. The fraction of sp³-hybridized carbons (Fsp3) is 0.850. The Balaban J connectivity index is 0. The summed E-state index contributed by atoms with van der Waals surface area (Å²) >= 11 is 0. The molecule has 0 saturated carbocycles. The van der Waals surface area contributed by atoms with Crippen LogP contribution < -0.4 is 43.1 Å². The number of imidazole rings is 2. The number of aryl methyl sites for hydroxylation is 4. The smallest absolute Gasteiger partial charge is 0.251 e. The second kappa shape index (κ2) is 35.7. The highest BCUT2D eigenvalue weighted by Crippen LogP contribution is 2.13. The van der Waals surface area contributed by atoms with E-state index >= 15 is 0 Å². The number of halogens is 2. The van der Waals surface area contributed by atoms with Crippen LogP contribution in [0.5, 0.6) is 0 Å². The lowest BCUT2D eigenvalue weighted by Gasteiger charge is -2.05. The summed E-state index contributed by atoms with van der Waals surface area (Å²) in [7, 11) is 0. The number of hydrogen-bond donors (Lipinski definition) is 2. The van der Waals surface area contributed by atoms with Gasteiger partial charge in [-0.25, -0.2) is 19.1 Å². The number of aromatic amines is 2. The number of rotatable bonds is 29. The normalized spacial score (nSPS) is 10.7. The van der Waals surface area contributed by atoms with E-state index in [4.69, 9.17) is 0 Å². The highest BCUT2D eigenvalue weighted by Gasteiger charge is 2.13. The topological polar surface area (TPSA) is 39.3 Å². The van der Waals surface area contributed by atoms with Crippen LogP contribution in [0.25, 0.3) is 0 Å². The van der Waals surface area contributed by atoms with Crippen molar-refractivity contribution in [3.05, 3.63) is 35.9 Å². The highest BCUT2D eigenvalue weighted by molar-refractivity contribution is 4.90. The third kappa shape index (κ3) is 26.3. The minimum absolute atomic E-state index is 0. The Hall–Kier alpha value is -0.620. The van der Waals surface area contributed by atoms with Crippen LogP contribution in [-0.4, -0.2) is 9.97 Å². The number of aromatic nitrogens is 4. The lowest BCUT2D eigenvalue weighted by molar-refractivity contribution is -0.708. The zero-order valence-electron chi connectivity index (χ0n) is 31.4. The summed E-state index contributed by atoms with van der Waals surface area (Å²) in [5.41, 5.74) is 1.53. The average molecular weight is 775 g/mol. The van der Waals surface area contributed by atoms with Gasteiger partial charge < -0.3 is 34.0 Å². The van der Waals surface area contributed by atoms with Gasteiger partial charge >= 0.3 is 0 Å². The summed E-state index contributed by atoms with van der Waals surface area (Å²) in [5, 5.41) is 0. The van der Waals surface area contributed by atoms with Crippen molar-refractivity contribution >= 4 is 0 Å². The molecular formula is C40H78Br2N4. The van der Waals surface area contributed by atoms with Crippen LogP contribution in [-0.2, 0) is 19.5 Å². The Morgan fingerprint density at radius 1 is 0.457 bits per heavy atom. The van der Waals surface area contributed by atoms with Crippen LogP contribution in [0.2, 0.25) is 0 Å². The van der Waals surface area contributed by atoms with Gasteiger partial charge in [0.05, 0.1) is 13.1 Å². The fourth-order valence-corrected chi connectivity index (χ4v) is 6.38. The van der Waals surface area contributed by atoms with Crippen molar-refractivity contribution in [1.82, 2.24) is 9.97 Å². The van der Waals surface area contributed by atoms with Crippen molar-refractivity contribution in [3.63, 3.8) is 0 Å². The summed E-state index contributed by atoms with van der Waals surface area (Å²) in [6.07, 6.45) is 44.2. The van der Waals surface area contributed by atoms with Crippen molar-refractivity contribution in [3.8, 4) is 0 Å². The molecule has 0 saturated heterocycles. The molecule has 0 aliphatic heterocycles. The number of H-pyrrole nitrogens is 2. The van der Waals surface area contributed by atoms with Gasteiger partial charge in [-0.3, -0.25) is 0 Å². The second-order valence-electron chi connectivity index (χ2n) is 13.6. The largest absolute Gasteiger partial charge is 1.00 e. The Morgan fingerprint density at radius 2 is 0.848 bits per heavy atom. The third-order valence-corrected chi connectivity index (χ3v) is 9.45. The van der Waals surface area contributed by atoms with E-state index in [2.05, 4.69) is 66.1 Å². The third-order valence-electron chi connectivity index (χ3n) is 9.45. The molecule has 0 amide bonds. The first kappa shape index (κ1) is 47.5. The molecule has 46 heavy (non-hydrogen) atoms. The Morgan fingerprint density at radius 3 is 1.26 bits per heavy atom. The van der Waals surface area contributed by atoms with Gasteiger partial charge in [0, 0.05) is 20.3 Å². The standard InChI is InChI=1S/C26H50N2.C14H26N2.2BrH/c1-4-6-8-10-12-14-15-16-18-20-22-26-24-27-25(3)28(26)23-21-19-17-13-11-9-7-5-2;1-3-4-5-6-7-8-9-10-12-16-13-11-15-14(16)2;;/h24H,4-23H2,1-3H3;11,13H,3-10,12H2,1-2H3;2*1H. The van der Waals surface area contributed by atoms with Crippen molar-refractivity contribution in [2.24, 2.45) is 0 Å². The molecule has 2 N–H and O–H groups in total. The van der Waals surface area contributed by atoms with Crippen LogP contribution in [0.3, 0.4) is 0 Å². The van der Waals surface area contributed by atoms with Crippen LogP contribution >= 0.6 is 0 Å². The molecule has 0 bridgehead atoms. The predicted molar refractivity (Wildman–Crippen MR) is 192 cm³/mol. The van der Waals surface area contributed by atoms with E-state index < -0.39 is 0 Å². The number of unbranched alkanes of at least 4 members (excludes halogenated alkanes) is 23. The quantitative estimate of drug-likeness (QED) is 0.0756. The van der Waals surface area contributed by atoms with Crippen molar-refractivity contribution in [2.75, 3.05) is 0 Å². The molecule has 0 unspecified atom stereocenters. The van der Waals surface area contributed by atoms with Crippen molar-refractivity contribution in [1.29, 1.82) is 0 Å². The molecule has 272 valence electrons. The molecule has 0 aromatic carbocycles. The molecule has 0 radical (unpaired) electrons. The van der Waals surface area contributed by atoms with Gasteiger partial charge in [0.15, 0.2) is 0 Å². The van der Waals surface area contributed by atoms with Gasteiger partial charge in [0.25, 0.3) is 11.6 Å². The molecule has 0 spiro atoms. The van der Waals surface area contributed by atoms with E-state index in [1.165, 1.54) is 204 Å².